The highest BCUT2D eigenvalue weighted by atomic mass is 16.5. The lowest BCUT2D eigenvalue weighted by Crippen LogP contribution is -2.33. The van der Waals surface area contributed by atoms with Crippen molar-refractivity contribution in [3.8, 4) is 11.5 Å². The van der Waals surface area contributed by atoms with Crippen LogP contribution >= 0.6 is 0 Å². The van der Waals surface area contributed by atoms with Crippen LogP contribution in [0.2, 0.25) is 0 Å². The highest BCUT2D eigenvalue weighted by Gasteiger charge is 2.45. The lowest BCUT2D eigenvalue weighted by atomic mass is 9.77. The van der Waals surface area contributed by atoms with Gasteiger partial charge < -0.3 is 14.6 Å². The zero-order valence-corrected chi connectivity index (χ0v) is 13.2. The Morgan fingerprint density at radius 1 is 1.14 bits per heavy atom. The zero-order valence-electron chi connectivity index (χ0n) is 13.2. The van der Waals surface area contributed by atoms with E-state index in [0.29, 0.717) is 18.6 Å². The first-order valence-electron chi connectivity index (χ1n) is 7.46. The molecule has 1 aromatic rings. The van der Waals surface area contributed by atoms with Gasteiger partial charge in [-0.15, -0.1) is 0 Å². The minimum Gasteiger partial charge on any atom is -0.496 e. The highest BCUT2D eigenvalue weighted by Crippen LogP contribution is 2.47. The third-order valence-electron chi connectivity index (χ3n) is 4.56. The predicted octanol–water partition coefficient (Wildman–Crippen LogP) is 3.72. The zero-order chi connectivity index (χ0) is 15.6. The van der Waals surface area contributed by atoms with Gasteiger partial charge >= 0.3 is 5.97 Å². The fourth-order valence-corrected chi connectivity index (χ4v) is 3.33. The molecule has 0 aliphatic heterocycles. The fourth-order valence-electron chi connectivity index (χ4n) is 3.33. The van der Waals surface area contributed by atoms with E-state index in [1.54, 1.807) is 14.2 Å². The topological polar surface area (TPSA) is 55.8 Å². The number of hydrogen-bond acceptors (Lipinski definition) is 3. The maximum Gasteiger partial charge on any atom is 0.314 e. The van der Waals surface area contributed by atoms with Crippen LogP contribution in [0.1, 0.15) is 56.6 Å². The molecule has 1 aliphatic rings. The van der Waals surface area contributed by atoms with Crippen LogP contribution in [0.3, 0.4) is 0 Å². The predicted molar refractivity (Wildman–Crippen MR) is 81.4 cm³/mol. The summed E-state index contributed by atoms with van der Waals surface area (Å²) in [5, 5.41) is 9.81. The van der Waals surface area contributed by atoms with Crippen LogP contribution < -0.4 is 9.47 Å². The van der Waals surface area contributed by atoms with E-state index in [0.717, 1.165) is 29.7 Å². The molecule has 0 radical (unpaired) electrons. The molecule has 0 atom stereocenters. The van der Waals surface area contributed by atoms with Crippen molar-refractivity contribution < 1.29 is 19.4 Å². The SMILES string of the molecule is COc1cc(OC)c(C2(C(=O)O)CCCC2)cc1C(C)C. The van der Waals surface area contributed by atoms with Crippen molar-refractivity contribution in [2.24, 2.45) is 0 Å². The second-order valence-corrected chi connectivity index (χ2v) is 6.04. The summed E-state index contributed by atoms with van der Waals surface area (Å²) in [5.74, 6) is 0.875. The van der Waals surface area contributed by atoms with Gasteiger partial charge in [0.2, 0.25) is 0 Å². The van der Waals surface area contributed by atoms with E-state index >= 15 is 0 Å². The Morgan fingerprint density at radius 3 is 2.14 bits per heavy atom. The number of ether oxygens (including phenoxy) is 2. The van der Waals surface area contributed by atoms with Crippen molar-refractivity contribution in [3.05, 3.63) is 23.3 Å². The van der Waals surface area contributed by atoms with Gasteiger partial charge in [-0.25, -0.2) is 0 Å². The number of hydrogen-bond donors (Lipinski definition) is 1. The van der Waals surface area contributed by atoms with Crippen LogP contribution in [0.4, 0.5) is 0 Å². The first-order chi connectivity index (χ1) is 9.96. The molecule has 0 bridgehead atoms. The largest absolute Gasteiger partial charge is 0.496 e. The van der Waals surface area contributed by atoms with Gasteiger partial charge in [-0.2, -0.15) is 0 Å². The van der Waals surface area contributed by atoms with Crippen molar-refractivity contribution in [1.29, 1.82) is 0 Å². The van der Waals surface area contributed by atoms with Crippen molar-refractivity contribution in [1.82, 2.24) is 0 Å². The van der Waals surface area contributed by atoms with Crippen LogP contribution in [0.5, 0.6) is 11.5 Å². The van der Waals surface area contributed by atoms with Gasteiger partial charge in [0.15, 0.2) is 0 Å². The first kappa shape index (κ1) is 15.7. The number of carboxylic acid groups (broad SMARTS) is 1. The summed E-state index contributed by atoms with van der Waals surface area (Å²) >= 11 is 0. The molecule has 0 unspecified atom stereocenters. The number of carbonyl (C=O) groups is 1. The van der Waals surface area contributed by atoms with E-state index in [-0.39, 0.29) is 5.92 Å². The molecule has 1 aliphatic carbocycles. The van der Waals surface area contributed by atoms with Crippen molar-refractivity contribution in [3.63, 3.8) is 0 Å². The maximum absolute atomic E-state index is 11.9. The number of rotatable bonds is 5. The molecule has 4 heteroatoms. The number of aliphatic carboxylic acids is 1. The molecular weight excluding hydrogens is 268 g/mol. The van der Waals surface area contributed by atoms with Gasteiger partial charge in [-0.1, -0.05) is 26.7 Å². The molecule has 4 nitrogen and oxygen atoms in total. The average Bonchev–Trinajstić information content (AvgIpc) is 2.96. The molecule has 1 fully saturated rings. The van der Waals surface area contributed by atoms with Gasteiger partial charge in [0.1, 0.15) is 11.5 Å². The molecule has 1 saturated carbocycles. The van der Waals surface area contributed by atoms with Crippen LogP contribution in [-0.4, -0.2) is 25.3 Å². The summed E-state index contributed by atoms with van der Waals surface area (Å²) in [6.45, 7) is 4.16. The Bertz CT molecular complexity index is 528. The standard InChI is InChI=1S/C17H24O4/c1-11(2)12-9-13(15(21-4)10-14(12)20-3)17(16(18)19)7-5-6-8-17/h9-11H,5-8H2,1-4H3,(H,18,19). The van der Waals surface area contributed by atoms with Crippen LogP contribution in [-0.2, 0) is 10.2 Å². The third kappa shape index (κ3) is 2.59. The Kier molecular flexibility index (Phi) is 4.45. The van der Waals surface area contributed by atoms with E-state index in [1.165, 1.54) is 0 Å². The summed E-state index contributed by atoms with van der Waals surface area (Å²) in [6, 6.07) is 3.80. The molecule has 2 rings (SSSR count). The Balaban J connectivity index is 2.66. The lowest BCUT2D eigenvalue weighted by Gasteiger charge is -2.28. The molecule has 116 valence electrons. The number of methoxy groups -OCH3 is 2. The van der Waals surface area contributed by atoms with E-state index < -0.39 is 11.4 Å². The molecule has 1 aromatic carbocycles. The maximum atomic E-state index is 11.9. The first-order valence-corrected chi connectivity index (χ1v) is 7.46. The molecule has 0 spiro atoms. The lowest BCUT2D eigenvalue weighted by molar-refractivity contribution is -0.143. The monoisotopic (exact) mass is 292 g/mol. The normalized spacial score (nSPS) is 17.0. The van der Waals surface area contributed by atoms with E-state index in [1.807, 2.05) is 12.1 Å². The van der Waals surface area contributed by atoms with Gasteiger partial charge in [0.25, 0.3) is 0 Å². The summed E-state index contributed by atoms with van der Waals surface area (Å²) in [4.78, 5) is 11.9. The number of benzene rings is 1. The van der Waals surface area contributed by atoms with Gasteiger partial charge in [0.05, 0.1) is 19.6 Å². The van der Waals surface area contributed by atoms with E-state index in [9.17, 15) is 9.90 Å². The molecule has 0 heterocycles. The second-order valence-electron chi connectivity index (χ2n) is 6.04. The Hall–Kier alpha value is -1.71. The Labute approximate surface area is 126 Å². The van der Waals surface area contributed by atoms with Gasteiger partial charge in [-0.05, 0) is 30.4 Å². The molecular formula is C17H24O4. The summed E-state index contributed by atoms with van der Waals surface area (Å²) in [5.41, 5.74) is 1.00. The molecule has 0 saturated heterocycles. The van der Waals surface area contributed by atoms with Crippen LogP contribution in [0, 0.1) is 0 Å². The van der Waals surface area contributed by atoms with Gasteiger partial charge in [0, 0.05) is 11.6 Å². The summed E-state index contributed by atoms with van der Waals surface area (Å²) < 4.78 is 10.9. The van der Waals surface area contributed by atoms with Crippen molar-refractivity contribution in [2.45, 2.75) is 50.9 Å². The number of carboxylic acids is 1. The van der Waals surface area contributed by atoms with Crippen LogP contribution in [0.15, 0.2) is 12.1 Å². The quantitative estimate of drug-likeness (QED) is 0.898. The molecule has 21 heavy (non-hydrogen) atoms. The highest BCUT2D eigenvalue weighted by molar-refractivity contribution is 5.83. The van der Waals surface area contributed by atoms with E-state index in [2.05, 4.69) is 13.8 Å². The fraction of sp³-hybridized carbons (Fsp3) is 0.588. The second kappa shape index (κ2) is 5.96. The van der Waals surface area contributed by atoms with E-state index in [4.69, 9.17) is 9.47 Å². The van der Waals surface area contributed by atoms with Crippen molar-refractivity contribution in [2.75, 3.05) is 14.2 Å². The van der Waals surface area contributed by atoms with Crippen LogP contribution in [0.25, 0.3) is 0 Å². The molecule has 0 aromatic heterocycles. The minimum absolute atomic E-state index is 0.261. The van der Waals surface area contributed by atoms with Gasteiger partial charge in [-0.3, -0.25) is 4.79 Å². The molecule has 0 amide bonds. The summed E-state index contributed by atoms with van der Waals surface area (Å²) in [6.07, 6.45) is 3.22. The Morgan fingerprint density at radius 2 is 1.71 bits per heavy atom. The average molecular weight is 292 g/mol. The minimum atomic E-state index is -0.818. The third-order valence-corrected chi connectivity index (χ3v) is 4.56. The van der Waals surface area contributed by atoms with Crippen molar-refractivity contribution >= 4 is 5.97 Å². The smallest absolute Gasteiger partial charge is 0.314 e. The summed E-state index contributed by atoms with van der Waals surface area (Å²) in [7, 11) is 3.21. The molecule has 1 N–H and O–H groups in total.